The first-order valence-corrected chi connectivity index (χ1v) is 31.2. The fourth-order valence-electron chi connectivity index (χ4n) is 5.94. The van der Waals surface area contributed by atoms with Gasteiger partial charge in [0, 0.05) is 0 Å². The summed E-state index contributed by atoms with van der Waals surface area (Å²) in [6.45, 7) is 25.7. The predicted octanol–water partition coefficient (Wildman–Crippen LogP) is 10.9. The number of hydrogen-bond acceptors (Lipinski definition) is 8. The van der Waals surface area contributed by atoms with E-state index in [4.69, 9.17) is 27.2 Å². The molecule has 0 atom stereocenters. The molecule has 0 aromatic heterocycles. The first-order chi connectivity index (χ1) is 23.7. The van der Waals surface area contributed by atoms with Gasteiger partial charge >= 0.3 is 11.9 Å². The lowest BCUT2D eigenvalue weighted by atomic mass is 10.2. The number of ether oxygens (including phenoxy) is 4. The van der Waals surface area contributed by atoms with Crippen LogP contribution < -0.4 is 18.9 Å². The van der Waals surface area contributed by atoms with Gasteiger partial charge in [0.1, 0.15) is 23.0 Å². The van der Waals surface area contributed by atoms with Crippen molar-refractivity contribution in [3.63, 3.8) is 0 Å². The van der Waals surface area contributed by atoms with E-state index in [1.165, 1.54) is 0 Å². The summed E-state index contributed by atoms with van der Waals surface area (Å²) in [7, 11) is -6.31. The van der Waals surface area contributed by atoms with Gasteiger partial charge in [-0.15, -0.1) is 0 Å². The monoisotopic (exact) mass is 768 g/mol. The molecule has 8 nitrogen and oxygen atoms in total. The van der Waals surface area contributed by atoms with E-state index in [9.17, 15) is 9.59 Å². The summed E-state index contributed by atoms with van der Waals surface area (Å²) in [6, 6.07) is 21.1. The number of esters is 2. The summed E-state index contributed by atoms with van der Waals surface area (Å²) in [4.78, 5) is 25.7. The Bertz CT molecular complexity index is 1560. The third kappa shape index (κ3) is 16.5. The third-order valence-electron chi connectivity index (χ3n) is 7.79. The summed E-state index contributed by atoms with van der Waals surface area (Å²) >= 11 is 0. The summed E-state index contributed by atoms with van der Waals surface area (Å²) in [6.07, 6.45) is 4.06. The lowest BCUT2D eigenvalue weighted by Crippen LogP contribution is -2.42. The van der Waals surface area contributed by atoms with Crippen molar-refractivity contribution in [2.24, 2.45) is 0 Å². The Hall–Kier alpha value is -3.01. The van der Waals surface area contributed by atoms with Crippen molar-refractivity contribution in [3.05, 3.63) is 83.4 Å². The van der Waals surface area contributed by atoms with Gasteiger partial charge < -0.3 is 27.2 Å². The molecule has 0 saturated heterocycles. The third-order valence-corrected chi connectivity index (χ3v) is 20.2. The zero-order valence-corrected chi connectivity index (χ0v) is 36.8. The molecular weight excluding hydrogens is 709 g/mol. The molecule has 51 heavy (non-hydrogen) atoms. The van der Waals surface area contributed by atoms with Crippen LogP contribution in [0.1, 0.15) is 52.0 Å². The predicted molar refractivity (Wildman–Crippen MR) is 217 cm³/mol. The number of carbonyl (C=O) groups excluding carboxylic acids is 2. The molecule has 0 amide bonds. The largest absolute Gasteiger partial charge is 0.494 e. The molecule has 0 aliphatic heterocycles. The van der Waals surface area contributed by atoms with Gasteiger partial charge in [0.25, 0.3) is 0 Å². The van der Waals surface area contributed by atoms with Crippen LogP contribution in [0, 0.1) is 6.92 Å². The number of carbonyl (C=O) groups is 2. The van der Waals surface area contributed by atoms with E-state index in [2.05, 4.69) is 65.5 Å². The van der Waals surface area contributed by atoms with Crippen LogP contribution in [0.5, 0.6) is 23.0 Å². The molecular formula is C39H60O8Si4. The van der Waals surface area contributed by atoms with Gasteiger partial charge in [-0.25, -0.2) is 9.59 Å². The molecule has 0 unspecified atom stereocenters. The van der Waals surface area contributed by atoms with Crippen LogP contribution in [0.4, 0.5) is 0 Å². The number of hydrogen-bond donors (Lipinski definition) is 0. The van der Waals surface area contributed by atoms with Crippen LogP contribution >= 0.6 is 0 Å². The highest BCUT2D eigenvalue weighted by molar-refractivity contribution is 6.84. The fraction of sp³-hybridized carbons (Fsp3) is 0.487. The van der Waals surface area contributed by atoms with Crippen LogP contribution in [0.15, 0.2) is 66.7 Å². The van der Waals surface area contributed by atoms with Crippen LogP contribution in [0.3, 0.4) is 0 Å². The van der Waals surface area contributed by atoms with Crippen molar-refractivity contribution in [1.29, 1.82) is 0 Å². The molecule has 12 heteroatoms. The van der Waals surface area contributed by atoms with Gasteiger partial charge in [0.05, 0.1) is 24.3 Å². The zero-order chi connectivity index (χ0) is 37.9. The average Bonchev–Trinajstić information content (AvgIpc) is 3.00. The van der Waals surface area contributed by atoms with Crippen LogP contribution in [0.25, 0.3) is 0 Å². The summed E-state index contributed by atoms with van der Waals surface area (Å²) in [5.74, 6) is 1.22. The fourth-order valence-corrected chi connectivity index (χ4v) is 22.2. The molecule has 0 bridgehead atoms. The minimum Gasteiger partial charge on any atom is -0.494 e. The van der Waals surface area contributed by atoms with Crippen LogP contribution in [-0.2, 0) is 8.23 Å². The highest BCUT2D eigenvalue weighted by Gasteiger charge is 2.30. The van der Waals surface area contributed by atoms with Gasteiger partial charge in [-0.2, -0.15) is 0 Å². The molecule has 0 fully saturated rings. The van der Waals surface area contributed by atoms with Crippen molar-refractivity contribution in [2.45, 2.75) is 110 Å². The maximum atomic E-state index is 12.9. The van der Waals surface area contributed by atoms with Crippen molar-refractivity contribution < 1.29 is 36.8 Å². The van der Waals surface area contributed by atoms with E-state index in [0.29, 0.717) is 52.9 Å². The summed E-state index contributed by atoms with van der Waals surface area (Å²) in [5, 5.41) is 0. The van der Waals surface area contributed by atoms with E-state index in [1.807, 2.05) is 0 Å². The maximum Gasteiger partial charge on any atom is 0.343 e. The molecule has 3 aromatic carbocycles. The molecule has 0 aliphatic rings. The molecule has 0 aliphatic carbocycles. The Kier molecular flexibility index (Phi) is 15.5. The number of benzene rings is 3. The average molecular weight is 769 g/mol. The number of rotatable bonds is 20. The van der Waals surface area contributed by atoms with E-state index >= 15 is 0 Å². The van der Waals surface area contributed by atoms with Gasteiger partial charge in [-0.1, -0.05) is 12.8 Å². The Morgan fingerprint density at radius 3 is 1.29 bits per heavy atom. The van der Waals surface area contributed by atoms with Crippen molar-refractivity contribution in [3.8, 4) is 23.0 Å². The topological polar surface area (TPSA) is 89.5 Å². The first-order valence-electron chi connectivity index (χ1n) is 18.1. The molecule has 0 radical (unpaired) electrons. The number of unbranched alkanes of at least 4 members (excludes halogenated alkanes) is 2. The minimum absolute atomic E-state index is 0.359. The second-order valence-corrected chi connectivity index (χ2v) is 34.4. The van der Waals surface area contributed by atoms with Gasteiger partial charge in [0.15, 0.2) is 33.3 Å². The summed E-state index contributed by atoms with van der Waals surface area (Å²) < 4.78 is 35.9. The molecule has 280 valence electrons. The second-order valence-electron chi connectivity index (χ2n) is 16.3. The van der Waals surface area contributed by atoms with E-state index < -0.39 is 45.2 Å². The molecule has 0 N–H and O–H groups in total. The maximum absolute atomic E-state index is 12.9. The van der Waals surface area contributed by atoms with E-state index in [0.717, 1.165) is 37.8 Å². The molecule has 0 saturated carbocycles. The Morgan fingerprint density at radius 1 is 0.510 bits per heavy atom. The summed E-state index contributed by atoms with van der Waals surface area (Å²) in [5.41, 5.74) is 1.49. The van der Waals surface area contributed by atoms with Crippen molar-refractivity contribution in [2.75, 3.05) is 13.2 Å². The zero-order valence-electron chi connectivity index (χ0n) is 32.8. The SMILES string of the molecule is Cc1cc(OC(=O)c2ccc(OCCCC[Si](C)(C)O[Si](C)(C)C)cc2)ccc1OC(=O)c1ccc(OCCCC[Si](C)(C)O[Si](C)(C)C)cc1. The van der Waals surface area contributed by atoms with E-state index in [-0.39, 0.29) is 0 Å². The standard InChI is InChI=1S/C39H60O8Si4/c1-31-30-36(44-38(40)32-16-20-34(21-17-32)42-26-12-14-28-50(8,9)46-48(2,3)4)24-25-37(31)45-39(41)33-18-22-35(23-19-33)43-27-13-15-29-51(10,11)47-49(5,6)7/h16-25,30H,12-15,26-29H2,1-11H3. The molecule has 3 aromatic rings. The lowest BCUT2D eigenvalue weighted by molar-refractivity contribution is 0.0718. The number of aryl methyl sites for hydroxylation is 1. The Labute approximate surface area is 310 Å². The molecule has 0 heterocycles. The van der Waals surface area contributed by atoms with Gasteiger partial charge in [-0.05, 0) is 170 Å². The van der Waals surface area contributed by atoms with Crippen molar-refractivity contribution in [1.82, 2.24) is 0 Å². The Morgan fingerprint density at radius 2 is 0.902 bits per heavy atom. The quantitative estimate of drug-likeness (QED) is 0.0486. The Balaban J connectivity index is 1.41. The van der Waals surface area contributed by atoms with Crippen LogP contribution in [0.2, 0.25) is 77.6 Å². The first kappa shape index (κ1) is 42.4. The highest BCUT2D eigenvalue weighted by atomic mass is 28.4. The molecule has 3 rings (SSSR count). The van der Waals surface area contributed by atoms with Gasteiger partial charge in [-0.3, -0.25) is 0 Å². The molecule has 0 spiro atoms. The van der Waals surface area contributed by atoms with Crippen LogP contribution in [-0.4, -0.2) is 58.4 Å². The highest BCUT2D eigenvalue weighted by Crippen LogP contribution is 2.27. The minimum atomic E-state index is -1.64. The second kappa shape index (κ2) is 18.7. The van der Waals surface area contributed by atoms with Crippen molar-refractivity contribution >= 4 is 45.2 Å². The lowest BCUT2D eigenvalue weighted by Gasteiger charge is -2.31. The smallest absolute Gasteiger partial charge is 0.343 e. The van der Waals surface area contributed by atoms with Gasteiger partial charge in [0.2, 0.25) is 0 Å². The van der Waals surface area contributed by atoms with E-state index in [1.54, 1.807) is 73.7 Å². The normalized spacial score (nSPS) is 12.4.